The van der Waals surface area contributed by atoms with Gasteiger partial charge >= 0.3 is 0 Å². The molecule has 0 aliphatic carbocycles. The summed E-state index contributed by atoms with van der Waals surface area (Å²) >= 11 is 0. The van der Waals surface area contributed by atoms with Crippen LogP contribution in [0.1, 0.15) is 58.6 Å². The number of hydrogen-bond acceptors (Lipinski definition) is 4. The fourth-order valence-electron chi connectivity index (χ4n) is 3.41. The third-order valence-corrected chi connectivity index (χ3v) is 5.74. The molecule has 2 N–H and O–H groups in total. The van der Waals surface area contributed by atoms with E-state index in [0.29, 0.717) is 5.92 Å². The number of nitrogens with one attached hydrogen (secondary N) is 1. The molecule has 4 heteroatoms. The molecule has 0 aliphatic rings. The highest BCUT2D eigenvalue weighted by molar-refractivity contribution is 5.83. The number of aliphatic hydroxyl groups excluding tert-OH is 1. The van der Waals surface area contributed by atoms with Gasteiger partial charge in [-0.05, 0) is 61.1 Å². The molecule has 0 spiro atoms. The number of methoxy groups -OCH3 is 1. The first kappa shape index (κ1) is 20.7. The summed E-state index contributed by atoms with van der Waals surface area (Å²) in [6.45, 7) is 9.91. The lowest BCUT2D eigenvalue weighted by Gasteiger charge is -2.26. The molecule has 0 fully saturated rings. The van der Waals surface area contributed by atoms with Crippen LogP contribution in [-0.2, 0) is 0 Å². The van der Waals surface area contributed by atoms with Gasteiger partial charge in [-0.3, -0.25) is 4.98 Å². The van der Waals surface area contributed by atoms with Crippen molar-refractivity contribution in [2.24, 2.45) is 11.8 Å². The van der Waals surface area contributed by atoms with E-state index in [0.717, 1.165) is 47.5 Å². The number of aromatic nitrogens is 1. The zero-order chi connectivity index (χ0) is 19.1. The first-order chi connectivity index (χ1) is 12.5. The van der Waals surface area contributed by atoms with Gasteiger partial charge in [-0.1, -0.05) is 34.1 Å². The highest BCUT2D eigenvalue weighted by atomic mass is 16.5. The Bertz CT molecular complexity index is 689. The van der Waals surface area contributed by atoms with E-state index in [1.807, 2.05) is 24.3 Å². The minimum atomic E-state index is -0.573. The summed E-state index contributed by atoms with van der Waals surface area (Å²) < 4.78 is 5.34. The molecule has 0 bridgehead atoms. The topological polar surface area (TPSA) is 54.4 Å². The Kier molecular flexibility index (Phi) is 7.85. The van der Waals surface area contributed by atoms with Crippen LogP contribution < -0.4 is 10.1 Å². The van der Waals surface area contributed by atoms with E-state index in [1.165, 1.54) is 6.42 Å². The number of nitrogens with zero attached hydrogens (tertiary/aromatic N) is 1. The molecular weight excluding hydrogens is 324 g/mol. The van der Waals surface area contributed by atoms with E-state index in [-0.39, 0.29) is 6.04 Å². The van der Waals surface area contributed by atoms with Gasteiger partial charge in [-0.25, -0.2) is 0 Å². The van der Waals surface area contributed by atoms with Crippen LogP contribution in [0.4, 0.5) is 0 Å². The number of ether oxygens (including phenoxy) is 1. The van der Waals surface area contributed by atoms with E-state index < -0.39 is 6.10 Å². The fraction of sp³-hybridized carbons (Fsp3) is 0.591. The highest BCUT2D eigenvalue weighted by Crippen LogP contribution is 2.29. The molecule has 4 nitrogen and oxygen atoms in total. The van der Waals surface area contributed by atoms with Gasteiger partial charge in [0.2, 0.25) is 0 Å². The van der Waals surface area contributed by atoms with Gasteiger partial charge in [-0.2, -0.15) is 0 Å². The van der Waals surface area contributed by atoms with Crippen molar-refractivity contribution in [1.82, 2.24) is 10.3 Å². The Morgan fingerprint density at radius 2 is 1.88 bits per heavy atom. The van der Waals surface area contributed by atoms with Gasteiger partial charge in [0.1, 0.15) is 5.75 Å². The van der Waals surface area contributed by atoms with Gasteiger partial charge in [0.05, 0.1) is 18.7 Å². The normalized spacial score (nSPS) is 16.2. The average molecular weight is 359 g/mol. The molecule has 3 unspecified atom stereocenters. The molecule has 0 aliphatic heterocycles. The third-order valence-electron chi connectivity index (χ3n) is 5.74. The first-order valence-electron chi connectivity index (χ1n) is 9.85. The predicted molar refractivity (Wildman–Crippen MR) is 109 cm³/mol. The van der Waals surface area contributed by atoms with Crippen molar-refractivity contribution >= 4 is 10.9 Å². The lowest BCUT2D eigenvalue weighted by molar-refractivity contribution is 0.126. The van der Waals surface area contributed by atoms with E-state index in [9.17, 15) is 5.11 Å². The van der Waals surface area contributed by atoms with Crippen molar-refractivity contribution in [3.05, 3.63) is 36.0 Å². The maximum atomic E-state index is 11.0. The molecule has 2 aromatic rings. The molecular formula is C22H34N2O2. The third kappa shape index (κ3) is 4.95. The molecule has 26 heavy (non-hydrogen) atoms. The number of benzene rings is 1. The standard InChI is InChI=1S/C22H34N2O2/c1-6-15(3)16(4)10-12-23-20(7-2)22(25)18-11-13-24-21-9-8-17(26-5)14-19(18)21/h8-9,11,13-16,20,22-23,25H,6-7,10,12H2,1-5H3/t15-,16?,20?,22?/m1/s1. The van der Waals surface area contributed by atoms with E-state index in [4.69, 9.17) is 4.74 Å². The summed E-state index contributed by atoms with van der Waals surface area (Å²) in [7, 11) is 1.66. The predicted octanol–water partition coefficient (Wildman–Crippen LogP) is 4.72. The quantitative estimate of drug-likeness (QED) is 0.645. The maximum Gasteiger partial charge on any atom is 0.119 e. The largest absolute Gasteiger partial charge is 0.497 e. The van der Waals surface area contributed by atoms with Crippen LogP contribution in [0.2, 0.25) is 0 Å². The van der Waals surface area contributed by atoms with E-state index >= 15 is 0 Å². The molecule has 0 amide bonds. The summed E-state index contributed by atoms with van der Waals surface area (Å²) in [6.07, 6.45) is 4.41. The minimum absolute atomic E-state index is 0.0240. The zero-order valence-corrected chi connectivity index (χ0v) is 16.8. The second kappa shape index (κ2) is 9.89. The second-order valence-electron chi connectivity index (χ2n) is 7.35. The smallest absolute Gasteiger partial charge is 0.119 e. The molecule has 1 aromatic carbocycles. The van der Waals surface area contributed by atoms with Crippen LogP contribution in [-0.4, -0.2) is 29.8 Å². The molecule has 144 valence electrons. The van der Waals surface area contributed by atoms with Gasteiger partial charge in [0, 0.05) is 17.6 Å². The number of rotatable bonds is 10. The highest BCUT2D eigenvalue weighted by Gasteiger charge is 2.21. The lowest BCUT2D eigenvalue weighted by Crippen LogP contribution is -2.36. The van der Waals surface area contributed by atoms with Crippen molar-refractivity contribution in [3.8, 4) is 5.75 Å². The first-order valence-corrected chi connectivity index (χ1v) is 9.85. The van der Waals surface area contributed by atoms with Crippen LogP contribution >= 0.6 is 0 Å². The zero-order valence-electron chi connectivity index (χ0n) is 16.8. The van der Waals surface area contributed by atoms with Crippen molar-refractivity contribution < 1.29 is 9.84 Å². The number of aliphatic hydroxyl groups is 1. The van der Waals surface area contributed by atoms with Crippen molar-refractivity contribution in [1.29, 1.82) is 0 Å². The van der Waals surface area contributed by atoms with Crippen molar-refractivity contribution in [2.45, 2.75) is 59.1 Å². The SMILES string of the molecule is CCC(NCCC(C)[C@H](C)CC)C(O)c1ccnc2ccc(OC)cc12. The molecule has 1 heterocycles. The lowest BCUT2D eigenvalue weighted by atomic mass is 9.90. The molecule has 0 radical (unpaired) electrons. The Morgan fingerprint density at radius 3 is 2.54 bits per heavy atom. The van der Waals surface area contributed by atoms with Gasteiger partial charge in [-0.15, -0.1) is 0 Å². The summed E-state index contributed by atoms with van der Waals surface area (Å²) in [4.78, 5) is 4.41. The number of fused-ring (bicyclic) bond motifs is 1. The molecule has 2 rings (SSSR count). The van der Waals surface area contributed by atoms with Crippen LogP contribution in [0.5, 0.6) is 5.75 Å². The fourth-order valence-corrected chi connectivity index (χ4v) is 3.41. The summed E-state index contributed by atoms with van der Waals surface area (Å²) in [5, 5.41) is 15.6. The van der Waals surface area contributed by atoms with Gasteiger partial charge < -0.3 is 15.2 Å². The van der Waals surface area contributed by atoms with Crippen LogP contribution in [0, 0.1) is 11.8 Å². The Hall–Kier alpha value is -1.65. The summed E-state index contributed by atoms with van der Waals surface area (Å²) in [6, 6.07) is 7.73. The van der Waals surface area contributed by atoms with Crippen LogP contribution in [0.3, 0.4) is 0 Å². The monoisotopic (exact) mass is 358 g/mol. The van der Waals surface area contributed by atoms with Gasteiger partial charge in [0.15, 0.2) is 0 Å². The minimum Gasteiger partial charge on any atom is -0.497 e. The Labute approximate surface area is 158 Å². The van der Waals surface area contributed by atoms with Crippen LogP contribution in [0.15, 0.2) is 30.5 Å². The van der Waals surface area contributed by atoms with Crippen LogP contribution in [0.25, 0.3) is 10.9 Å². The second-order valence-corrected chi connectivity index (χ2v) is 7.35. The summed E-state index contributed by atoms with van der Waals surface area (Å²) in [5.41, 5.74) is 1.78. The van der Waals surface area contributed by atoms with Crippen molar-refractivity contribution in [3.63, 3.8) is 0 Å². The number of pyridine rings is 1. The molecule has 0 saturated heterocycles. The number of hydrogen-bond donors (Lipinski definition) is 2. The van der Waals surface area contributed by atoms with Gasteiger partial charge in [0.25, 0.3) is 0 Å². The van der Waals surface area contributed by atoms with E-state index in [2.05, 4.69) is 38.0 Å². The molecule has 4 atom stereocenters. The average Bonchev–Trinajstić information content (AvgIpc) is 2.68. The van der Waals surface area contributed by atoms with Crippen molar-refractivity contribution in [2.75, 3.05) is 13.7 Å². The molecule has 1 aromatic heterocycles. The van der Waals surface area contributed by atoms with E-state index in [1.54, 1.807) is 13.3 Å². The summed E-state index contributed by atoms with van der Waals surface area (Å²) in [5.74, 6) is 2.20. The Morgan fingerprint density at radius 1 is 1.12 bits per heavy atom. The molecule has 0 saturated carbocycles. The maximum absolute atomic E-state index is 11.0. The Balaban J connectivity index is 2.12.